The maximum absolute atomic E-state index is 13.8. The molecule has 0 bridgehead atoms. The number of carboxylic acid groups (broad SMARTS) is 1. The molecule has 1 saturated heterocycles. The topological polar surface area (TPSA) is 56.7 Å². The summed E-state index contributed by atoms with van der Waals surface area (Å²) >= 11 is 1.52. The molecule has 1 aliphatic heterocycles. The minimum atomic E-state index is -0.851. The predicted octanol–water partition coefficient (Wildman–Crippen LogP) is 2.27. The Bertz CT molecular complexity index is 699. The number of anilines is 1. The summed E-state index contributed by atoms with van der Waals surface area (Å²) in [4.78, 5) is 19.5. The van der Waals surface area contributed by atoms with Crippen LogP contribution in [-0.2, 0) is 17.6 Å². The summed E-state index contributed by atoms with van der Waals surface area (Å²) in [6.45, 7) is 4.29. The number of hydrogen-bond donors (Lipinski definition) is 1. The Balaban J connectivity index is 1.46. The molecule has 1 aliphatic rings. The van der Waals surface area contributed by atoms with Crippen molar-refractivity contribution < 1.29 is 14.3 Å². The van der Waals surface area contributed by atoms with Crippen LogP contribution in [0.2, 0.25) is 0 Å². The van der Waals surface area contributed by atoms with Crippen molar-refractivity contribution in [2.75, 3.05) is 37.6 Å². The van der Waals surface area contributed by atoms with E-state index in [1.165, 1.54) is 17.4 Å². The number of para-hydroxylation sites is 1. The fraction of sp³-hybridized carbons (Fsp3) is 0.412. The Morgan fingerprint density at radius 1 is 1.25 bits per heavy atom. The number of rotatable bonds is 6. The molecule has 5 nitrogen and oxygen atoms in total. The van der Waals surface area contributed by atoms with Gasteiger partial charge in [-0.2, -0.15) is 0 Å². The van der Waals surface area contributed by atoms with Crippen LogP contribution in [0.15, 0.2) is 29.6 Å². The number of piperazine rings is 1. The summed E-state index contributed by atoms with van der Waals surface area (Å²) in [6, 6.07) is 6.90. The van der Waals surface area contributed by atoms with E-state index in [0.717, 1.165) is 44.2 Å². The Labute approximate surface area is 144 Å². The molecule has 7 heteroatoms. The molecule has 0 aliphatic carbocycles. The van der Waals surface area contributed by atoms with Crippen molar-refractivity contribution in [2.24, 2.45) is 0 Å². The van der Waals surface area contributed by atoms with Crippen LogP contribution in [0.3, 0.4) is 0 Å². The summed E-state index contributed by atoms with van der Waals surface area (Å²) in [7, 11) is 0. The first-order chi connectivity index (χ1) is 11.6. The second-order valence-electron chi connectivity index (χ2n) is 5.83. The van der Waals surface area contributed by atoms with Gasteiger partial charge < -0.3 is 10.0 Å². The Morgan fingerprint density at radius 2 is 2.00 bits per heavy atom. The molecule has 0 spiro atoms. The van der Waals surface area contributed by atoms with E-state index in [9.17, 15) is 9.18 Å². The molecule has 1 aromatic carbocycles. The second kappa shape index (κ2) is 7.72. The lowest BCUT2D eigenvalue weighted by Crippen LogP contribution is -2.47. The Morgan fingerprint density at radius 3 is 2.71 bits per heavy atom. The van der Waals surface area contributed by atoms with Gasteiger partial charge in [-0.3, -0.25) is 9.69 Å². The predicted molar refractivity (Wildman–Crippen MR) is 92.2 cm³/mol. The minimum Gasteiger partial charge on any atom is -0.481 e. The number of carbonyl (C=O) groups is 1. The summed E-state index contributed by atoms with van der Waals surface area (Å²) < 4.78 is 13.8. The number of aliphatic carboxylic acids is 1. The van der Waals surface area contributed by atoms with Gasteiger partial charge >= 0.3 is 5.97 Å². The standard InChI is InChI=1S/C17H20FN3O2S/c18-14-3-1-2-4-15(14)21-9-7-20(8-10-21)6-5-16-19-13(12-24-16)11-17(22)23/h1-4,12H,5-11H2,(H,22,23). The van der Waals surface area contributed by atoms with Crippen molar-refractivity contribution in [1.29, 1.82) is 0 Å². The van der Waals surface area contributed by atoms with E-state index in [1.54, 1.807) is 6.07 Å². The zero-order valence-electron chi connectivity index (χ0n) is 13.3. The van der Waals surface area contributed by atoms with Gasteiger partial charge in [0.05, 0.1) is 22.8 Å². The third-order valence-electron chi connectivity index (χ3n) is 4.14. The lowest BCUT2D eigenvalue weighted by molar-refractivity contribution is -0.136. The lowest BCUT2D eigenvalue weighted by atomic mass is 10.2. The highest BCUT2D eigenvalue weighted by atomic mass is 32.1. The first kappa shape index (κ1) is 16.9. The SMILES string of the molecule is O=C(O)Cc1csc(CCN2CCN(c3ccccc3F)CC2)n1. The van der Waals surface area contributed by atoms with Crippen molar-refractivity contribution in [1.82, 2.24) is 9.88 Å². The van der Waals surface area contributed by atoms with Gasteiger partial charge in [0.2, 0.25) is 0 Å². The normalized spacial score (nSPS) is 15.6. The number of benzene rings is 1. The van der Waals surface area contributed by atoms with E-state index in [1.807, 2.05) is 17.5 Å². The van der Waals surface area contributed by atoms with Crippen LogP contribution in [0.1, 0.15) is 10.7 Å². The lowest BCUT2D eigenvalue weighted by Gasteiger charge is -2.36. The van der Waals surface area contributed by atoms with Crippen LogP contribution in [0.5, 0.6) is 0 Å². The van der Waals surface area contributed by atoms with Crippen LogP contribution in [0.25, 0.3) is 0 Å². The van der Waals surface area contributed by atoms with Crippen LogP contribution in [0.4, 0.5) is 10.1 Å². The summed E-state index contributed by atoms with van der Waals surface area (Å²) in [5, 5.41) is 11.6. The zero-order chi connectivity index (χ0) is 16.9. The second-order valence-corrected chi connectivity index (χ2v) is 6.78. The van der Waals surface area contributed by atoms with Gasteiger partial charge in [-0.1, -0.05) is 12.1 Å². The van der Waals surface area contributed by atoms with Crippen LogP contribution in [-0.4, -0.2) is 53.7 Å². The van der Waals surface area contributed by atoms with Crippen LogP contribution < -0.4 is 4.90 Å². The van der Waals surface area contributed by atoms with E-state index in [-0.39, 0.29) is 12.2 Å². The van der Waals surface area contributed by atoms with Gasteiger partial charge in [0.25, 0.3) is 0 Å². The molecular formula is C17H20FN3O2S. The third-order valence-corrected chi connectivity index (χ3v) is 5.10. The third kappa shape index (κ3) is 4.30. The van der Waals surface area contributed by atoms with E-state index in [0.29, 0.717) is 11.4 Å². The average molecular weight is 349 g/mol. The number of carboxylic acids is 1. The first-order valence-corrected chi connectivity index (χ1v) is 8.86. The minimum absolute atomic E-state index is 0.0161. The molecule has 0 unspecified atom stereocenters. The van der Waals surface area contributed by atoms with Crippen LogP contribution in [0, 0.1) is 5.82 Å². The molecule has 0 amide bonds. The fourth-order valence-electron chi connectivity index (χ4n) is 2.87. The highest BCUT2D eigenvalue weighted by Crippen LogP contribution is 2.20. The molecule has 0 saturated carbocycles. The van der Waals surface area contributed by atoms with Gasteiger partial charge in [0.15, 0.2) is 0 Å². The Hall–Kier alpha value is -1.99. The molecule has 24 heavy (non-hydrogen) atoms. The number of halogens is 1. The highest BCUT2D eigenvalue weighted by molar-refractivity contribution is 7.09. The van der Waals surface area contributed by atoms with Crippen molar-refractivity contribution >= 4 is 23.0 Å². The molecule has 128 valence electrons. The van der Waals surface area contributed by atoms with Crippen molar-refractivity contribution in [3.63, 3.8) is 0 Å². The molecule has 0 radical (unpaired) electrons. The van der Waals surface area contributed by atoms with E-state index >= 15 is 0 Å². The maximum atomic E-state index is 13.8. The summed E-state index contributed by atoms with van der Waals surface area (Å²) in [5.41, 5.74) is 1.31. The van der Waals surface area contributed by atoms with Gasteiger partial charge in [-0.15, -0.1) is 11.3 Å². The Kier molecular flexibility index (Phi) is 5.42. The highest BCUT2D eigenvalue weighted by Gasteiger charge is 2.19. The van der Waals surface area contributed by atoms with E-state index < -0.39 is 5.97 Å². The summed E-state index contributed by atoms with van der Waals surface area (Å²) in [5.74, 6) is -1.02. The van der Waals surface area contributed by atoms with Gasteiger partial charge in [0, 0.05) is 44.5 Å². The van der Waals surface area contributed by atoms with E-state index in [4.69, 9.17) is 5.11 Å². The quantitative estimate of drug-likeness (QED) is 0.867. The van der Waals surface area contributed by atoms with Crippen molar-refractivity contribution in [2.45, 2.75) is 12.8 Å². The van der Waals surface area contributed by atoms with Gasteiger partial charge in [-0.05, 0) is 12.1 Å². The monoisotopic (exact) mass is 349 g/mol. The molecule has 0 atom stereocenters. The molecule has 3 rings (SSSR count). The molecule has 1 aromatic heterocycles. The fourth-order valence-corrected chi connectivity index (χ4v) is 3.66. The average Bonchev–Trinajstić information content (AvgIpc) is 3.01. The van der Waals surface area contributed by atoms with Gasteiger partial charge in [0.1, 0.15) is 5.82 Å². The number of hydrogen-bond acceptors (Lipinski definition) is 5. The maximum Gasteiger partial charge on any atom is 0.309 e. The van der Waals surface area contributed by atoms with Gasteiger partial charge in [-0.25, -0.2) is 9.37 Å². The molecule has 2 heterocycles. The summed E-state index contributed by atoms with van der Waals surface area (Å²) in [6.07, 6.45) is 0.807. The number of aromatic nitrogens is 1. The molecular weight excluding hydrogens is 329 g/mol. The first-order valence-electron chi connectivity index (χ1n) is 7.99. The van der Waals surface area contributed by atoms with Crippen molar-refractivity contribution in [3.05, 3.63) is 46.2 Å². The number of thiazole rings is 1. The van der Waals surface area contributed by atoms with Crippen LogP contribution >= 0.6 is 11.3 Å². The number of nitrogens with zero attached hydrogens (tertiary/aromatic N) is 3. The van der Waals surface area contributed by atoms with Crippen molar-refractivity contribution in [3.8, 4) is 0 Å². The van der Waals surface area contributed by atoms with E-state index in [2.05, 4.69) is 14.8 Å². The largest absolute Gasteiger partial charge is 0.481 e. The molecule has 1 fully saturated rings. The molecule has 1 N–H and O–H groups in total. The molecule has 2 aromatic rings. The zero-order valence-corrected chi connectivity index (χ0v) is 14.1. The smallest absolute Gasteiger partial charge is 0.309 e.